The van der Waals surface area contributed by atoms with Crippen LogP contribution in [0.3, 0.4) is 0 Å². The number of nitrogen functional groups attached to an aromatic ring is 2. The van der Waals surface area contributed by atoms with Crippen LogP contribution in [0.5, 0.6) is 11.5 Å². The second-order valence-corrected chi connectivity index (χ2v) is 21.9. The summed E-state index contributed by atoms with van der Waals surface area (Å²) in [5.41, 5.74) is 11.6. The largest absolute Gasteiger partial charge is 0.494 e. The molecule has 0 amide bonds. The van der Waals surface area contributed by atoms with Gasteiger partial charge in [-0.05, 0) is 65.8 Å². The number of aromatic nitrogens is 6. The predicted octanol–water partition coefficient (Wildman–Crippen LogP) is 7.42. The lowest BCUT2D eigenvalue weighted by Crippen LogP contribution is -2.37. The number of benzene rings is 2. The summed E-state index contributed by atoms with van der Waals surface area (Å²) >= 11 is 0.615. The number of anilines is 2. The Morgan fingerprint density at radius 2 is 1.46 bits per heavy atom. The second kappa shape index (κ2) is 22.5. The van der Waals surface area contributed by atoms with Crippen LogP contribution >= 0.6 is 26.0 Å². The molecule has 2 unspecified atom stereocenters. The highest BCUT2D eigenvalue weighted by molar-refractivity contribution is 8.54. The number of rotatable bonds is 17. The molecule has 372 valence electrons. The van der Waals surface area contributed by atoms with Crippen LogP contribution in [0.25, 0.3) is 11.2 Å². The molecule has 3 aromatic heterocycles. The summed E-state index contributed by atoms with van der Waals surface area (Å²) in [5.74, 6) is -0.0209. The average Bonchev–Trinajstić information content (AvgIpc) is 3.99. The first kappa shape index (κ1) is 50.5. The van der Waals surface area contributed by atoms with E-state index in [-0.39, 0.29) is 34.3 Å². The molecule has 0 radical (unpaired) electrons. The minimum Gasteiger partial charge on any atom is -0.494 e. The average molecular weight is 1020 g/mol. The number of carbonyl (C=O) groups excluding carboxylic acids is 1. The quantitative estimate of drug-likeness (QED) is 0.0354. The van der Waals surface area contributed by atoms with E-state index in [0.29, 0.717) is 34.9 Å². The van der Waals surface area contributed by atoms with E-state index in [9.17, 15) is 23.6 Å². The topological polar surface area (TPSA) is 276 Å². The zero-order valence-corrected chi connectivity index (χ0v) is 39.9. The number of unbranched alkanes of at least 4 members (excludes halogenated alkanes) is 7. The number of nitrogens with two attached hydrogens (primary N) is 2. The molecule has 21 nitrogen and oxygen atoms in total. The van der Waals surface area contributed by atoms with E-state index < -0.39 is 88.7 Å². The molecule has 0 spiro atoms. The van der Waals surface area contributed by atoms with Gasteiger partial charge >= 0.3 is 26.3 Å². The number of phosphoric ester groups is 1. The molecule has 5 N–H and O–H groups in total. The maximum Gasteiger partial charge on any atom is 0.472 e. The Bertz CT molecular complexity index is 2710. The van der Waals surface area contributed by atoms with E-state index in [1.165, 1.54) is 67.6 Å². The van der Waals surface area contributed by atoms with Crippen LogP contribution in [-0.4, -0.2) is 96.5 Å². The summed E-state index contributed by atoms with van der Waals surface area (Å²) in [6.07, 6.45) is -1.87. The van der Waals surface area contributed by atoms with Crippen LogP contribution < -0.4 is 26.6 Å². The molecule has 10 atom stereocenters. The molecule has 69 heavy (non-hydrogen) atoms. The lowest BCUT2D eigenvalue weighted by Gasteiger charge is -2.29. The number of phosphoric acid groups is 1. The van der Waals surface area contributed by atoms with Gasteiger partial charge in [-0.3, -0.25) is 27.2 Å². The number of hydrogen-bond donors (Lipinski definition) is 3. The Balaban J connectivity index is 0.953. The SMILES string of the molecule is CCCCCCCCCCOc1ccc(C(=O)Oc2ccc(CSP3(=O)OC[C@H]4O[C@@H](n5cnc6c(N)ncnc65)[C@H](F)[C@@H]4OP(=O)(O)OC[C@H]4O[C@@H](n5ccc(N)nc5=O)[C@H](F)[C@@H]4O3)cc2)cc1. The van der Waals surface area contributed by atoms with Gasteiger partial charge in [-0.2, -0.15) is 4.98 Å². The number of carbonyl (C=O) groups is 1. The smallest absolute Gasteiger partial charge is 0.472 e. The van der Waals surface area contributed by atoms with Crippen LogP contribution in [0.15, 0.2) is 78.2 Å². The number of esters is 1. The second-order valence-electron chi connectivity index (χ2n) is 16.4. The van der Waals surface area contributed by atoms with E-state index >= 15 is 8.78 Å². The third-order valence-corrected chi connectivity index (χ3v) is 16.1. The van der Waals surface area contributed by atoms with Gasteiger partial charge in [0.1, 0.15) is 53.6 Å². The van der Waals surface area contributed by atoms with Crippen molar-refractivity contribution in [2.24, 2.45) is 0 Å². The van der Waals surface area contributed by atoms with Gasteiger partial charge in [0.25, 0.3) is 0 Å². The lowest BCUT2D eigenvalue weighted by molar-refractivity contribution is -0.0619. The van der Waals surface area contributed by atoms with Crippen LogP contribution in [0.4, 0.5) is 20.4 Å². The zero-order valence-electron chi connectivity index (χ0n) is 37.3. The normalized spacial score (nSPS) is 28.3. The summed E-state index contributed by atoms with van der Waals surface area (Å²) in [7, 11) is -5.22. The van der Waals surface area contributed by atoms with Crippen LogP contribution in [-0.2, 0) is 42.5 Å². The standard InChI is InChI=1S/C43H52F2N8O13P2S/c1-2-3-4-5-6-7-8-9-20-59-28-16-12-27(13-17-28)42(54)62-29-14-10-26(11-15-29)23-69-68(58)61-22-31-36(33(44)41(64-31)53-25-50-35-38(47)48-24-49-39(35)53)65-67(56,57)60-21-30-37(66-68)34(45)40(63-30)52-19-18-32(46)51-43(52)55/h10-19,24-25,30-31,33-34,36-37,40-41H,2-9,20-23H2,1H3,(H,56,57)(H2,46,51,55)(H2,47,48,49)/t30-,31-,33-,34-,36-,37-,40-,41-,68?/m1/s1. The first-order valence-electron chi connectivity index (χ1n) is 22.3. The lowest BCUT2D eigenvalue weighted by atomic mass is 10.1. The summed E-state index contributed by atoms with van der Waals surface area (Å²) in [6.45, 7) is -3.56. The van der Waals surface area contributed by atoms with Crippen molar-refractivity contribution in [2.75, 3.05) is 31.3 Å². The van der Waals surface area contributed by atoms with Crippen molar-refractivity contribution in [1.29, 1.82) is 0 Å². The molecule has 3 aliphatic rings. The minimum absolute atomic E-state index is 0.00746. The summed E-state index contributed by atoms with van der Waals surface area (Å²) in [4.78, 5) is 52.4. The molecule has 3 saturated heterocycles. The molecule has 0 saturated carbocycles. The van der Waals surface area contributed by atoms with E-state index in [0.717, 1.165) is 29.9 Å². The number of imidazole rings is 1. The highest BCUT2D eigenvalue weighted by atomic mass is 32.7. The number of nitrogens with zero attached hydrogens (tertiary/aromatic N) is 6. The van der Waals surface area contributed by atoms with Crippen molar-refractivity contribution >= 4 is 54.8 Å². The number of hydrogen-bond acceptors (Lipinski definition) is 19. The number of alkyl halides is 2. The van der Waals surface area contributed by atoms with Crippen molar-refractivity contribution in [2.45, 2.75) is 113 Å². The highest BCUT2D eigenvalue weighted by Gasteiger charge is 2.55. The fourth-order valence-electron chi connectivity index (χ4n) is 7.88. The monoisotopic (exact) mass is 1020 g/mol. The molecule has 3 aliphatic heterocycles. The fraction of sp³-hybridized carbons (Fsp3) is 0.488. The third kappa shape index (κ3) is 12.4. The van der Waals surface area contributed by atoms with Gasteiger partial charge in [0, 0.05) is 11.9 Å². The maximum absolute atomic E-state index is 16.5. The first-order valence-corrected chi connectivity index (χ1v) is 27.0. The number of ether oxygens (including phenoxy) is 4. The molecule has 0 bridgehead atoms. The number of fused-ring (bicyclic) bond motifs is 3. The van der Waals surface area contributed by atoms with Crippen LogP contribution in [0.1, 0.15) is 86.7 Å². The summed E-state index contributed by atoms with van der Waals surface area (Å²) in [5, 5.41) is 0. The molecule has 26 heteroatoms. The van der Waals surface area contributed by atoms with E-state index in [1.807, 2.05) is 0 Å². The predicted molar refractivity (Wildman–Crippen MR) is 247 cm³/mol. The van der Waals surface area contributed by atoms with Gasteiger partial charge in [-0.15, -0.1) is 0 Å². The molecular weight excluding hydrogens is 969 g/mol. The molecule has 5 aromatic rings. The van der Waals surface area contributed by atoms with Gasteiger partial charge in [0.2, 0.25) is 0 Å². The van der Waals surface area contributed by atoms with E-state index in [2.05, 4.69) is 26.9 Å². The Morgan fingerprint density at radius 3 is 2.16 bits per heavy atom. The molecular formula is C43H52F2N8O13P2S. The third-order valence-electron chi connectivity index (χ3n) is 11.5. The molecule has 8 rings (SSSR count). The van der Waals surface area contributed by atoms with Gasteiger partial charge in [-0.25, -0.2) is 42.5 Å². The summed E-state index contributed by atoms with van der Waals surface area (Å²) < 4.78 is 109. The Labute approximate surface area is 398 Å². The van der Waals surface area contributed by atoms with E-state index in [4.69, 9.17) is 48.5 Å². The van der Waals surface area contributed by atoms with Crippen molar-refractivity contribution in [1.82, 2.24) is 29.1 Å². The Morgan fingerprint density at radius 1 is 0.826 bits per heavy atom. The minimum atomic E-state index is -5.22. The highest BCUT2D eigenvalue weighted by Crippen LogP contribution is 2.65. The Hall–Kier alpha value is -4.87. The van der Waals surface area contributed by atoms with Crippen molar-refractivity contribution in [3.63, 3.8) is 0 Å². The molecule has 6 heterocycles. The molecule has 2 aromatic carbocycles. The van der Waals surface area contributed by atoms with Crippen molar-refractivity contribution in [3.05, 3.63) is 95.1 Å². The summed E-state index contributed by atoms with van der Waals surface area (Å²) in [6, 6.07) is 14.1. The zero-order chi connectivity index (χ0) is 48.7. The van der Waals surface area contributed by atoms with Gasteiger partial charge in [-0.1, -0.05) is 64.0 Å². The van der Waals surface area contributed by atoms with E-state index in [1.54, 1.807) is 36.4 Å². The molecule has 0 aliphatic carbocycles. The Kier molecular flexibility index (Phi) is 16.5. The number of halogens is 2. The van der Waals surface area contributed by atoms with Gasteiger partial charge in [0.05, 0.1) is 31.7 Å². The van der Waals surface area contributed by atoms with Crippen LogP contribution in [0.2, 0.25) is 0 Å². The molecule has 3 fully saturated rings. The van der Waals surface area contributed by atoms with Gasteiger partial charge in [0.15, 0.2) is 36.3 Å². The van der Waals surface area contributed by atoms with Crippen molar-refractivity contribution < 1.29 is 64.6 Å². The fourth-order valence-corrected chi connectivity index (χ4v) is 12.2. The maximum atomic E-state index is 16.5. The van der Waals surface area contributed by atoms with Gasteiger partial charge < -0.3 is 35.3 Å². The first-order chi connectivity index (χ1) is 33.2. The van der Waals surface area contributed by atoms with Crippen LogP contribution in [0, 0.1) is 0 Å². The van der Waals surface area contributed by atoms with Crippen molar-refractivity contribution in [3.8, 4) is 11.5 Å².